The molecule has 1 heterocycles. The van der Waals surface area contributed by atoms with Crippen LogP contribution in [0.2, 0.25) is 0 Å². The molecule has 2 rings (SSSR count). The summed E-state index contributed by atoms with van der Waals surface area (Å²) in [4.78, 5) is 0. The van der Waals surface area contributed by atoms with Crippen LogP contribution >= 0.6 is 15.9 Å². The molecule has 1 aromatic rings. The highest BCUT2D eigenvalue weighted by Gasteiger charge is 2.15. The Morgan fingerprint density at radius 2 is 1.95 bits per heavy atom. The summed E-state index contributed by atoms with van der Waals surface area (Å²) in [6.07, 6.45) is 2.15. The molecule has 118 valence electrons. The highest BCUT2D eigenvalue weighted by atomic mass is 79.9. The van der Waals surface area contributed by atoms with Crippen molar-refractivity contribution in [2.45, 2.75) is 19.4 Å². The van der Waals surface area contributed by atoms with E-state index in [4.69, 9.17) is 18.9 Å². The lowest BCUT2D eigenvalue weighted by molar-refractivity contribution is 0.0688. The van der Waals surface area contributed by atoms with Gasteiger partial charge in [-0.25, -0.2) is 0 Å². The van der Waals surface area contributed by atoms with Gasteiger partial charge in [-0.05, 0) is 37.1 Å². The summed E-state index contributed by atoms with van der Waals surface area (Å²) in [5, 5.41) is 3.43. The maximum atomic E-state index is 5.42. The fourth-order valence-electron chi connectivity index (χ4n) is 2.02. The molecule has 5 nitrogen and oxygen atoms in total. The van der Waals surface area contributed by atoms with Gasteiger partial charge in [-0.1, -0.05) is 15.9 Å². The third kappa shape index (κ3) is 5.47. The number of methoxy groups -OCH3 is 1. The number of hydrogen-bond acceptors (Lipinski definition) is 5. The molecule has 0 atom stereocenters. The molecule has 0 bridgehead atoms. The molecular weight excluding hydrogens is 338 g/mol. The lowest BCUT2D eigenvalue weighted by atomic mass is 10.2. The average molecular weight is 360 g/mol. The lowest BCUT2D eigenvalue weighted by Crippen LogP contribution is -2.15. The van der Waals surface area contributed by atoms with Crippen LogP contribution in [-0.4, -0.2) is 40.3 Å². The molecule has 0 saturated carbocycles. The Hall–Kier alpha value is -0.820. The van der Waals surface area contributed by atoms with E-state index in [-0.39, 0.29) is 0 Å². The van der Waals surface area contributed by atoms with Crippen molar-refractivity contribution in [3.8, 4) is 11.5 Å². The van der Waals surface area contributed by atoms with Crippen LogP contribution < -0.4 is 14.8 Å². The molecule has 1 aromatic carbocycles. The number of halogens is 1. The second kappa shape index (κ2) is 9.25. The summed E-state index contributed by atoms with van der Waals surface area (Å²) in [5.41, 5.74) is 1.18. The van der Waals surface area contributed by atoms with E-state index < -0.39 is 0 Å². The van der Waals surface area contributed by atoms with E-state index in [1.54, 1.807) is 7.11 Å². The van der Waals surface area contributed by atoms with Gasteiger partial charge in [-0.3, -0.25) is 0 Å². The van der Waals surface area contributed by atoms with Crippen molar-refractivity contribution in [3.05, 3.63) is 22.2 Å². The van der Waals surface area contributed by atoms with Crippen molar-refractivity contribution >= 4 is 15.9 Å². The first-order valence-corrected chi connectivity index (χ1v) is 7.96. The standard InChI is InChI=1S/C15H22BrNO4/c1-18-6-7-19-5-3-2-4-17-10-12-8-14-15(9-13(12)16)21-11-20-14/h8-9,17H,2-7,10-11H2,1H3. The van der Waals surface area contributed by atoms with Crippen LogP contribution in [0.1, 0.15) is 18.4 Å². The second-order valence-electron chi connectivity index (χ2n) is 4.79. The Morgan fingerprint density at radius 1 is 1.14 bits per heavy atom. The number of rotatable bonds is 10. The molecule has 0 spiro atoms. The van der Waals surface area contributed by atoms with Gasteiger partial charge in [0, 0.05) is 24.7 Å². The SMILES string of the molecule is COCCOCCCCNCc1cc2c(cc1Br)OCO2. The van der Waals surface area contributed by atoms with Crippen molar-refractivity contribution < 1.29 is 18.9 Å². The predicted octanol–water partition coefficient (Wildman–Crippen LogP) is 2.71. The number of benzene rings is 1. The van der Waals surface area contributed by atoms with Crippen molar-refractivity contribution in [2.24, 2.45) is 0 Å². The summed E-state index contributed by atoms with van der Waals surface area (Å²) in [7, 11) is 1.68. The Labute approximate surface area is 134 Å². The molecule has 0 saturated heterocycles. The molecule has 0 amide bonds. The normalized spacial score (nSPS) is 12.9. The third-order valence-corrected chi connectivity index (χ3v) is 3.92. The lowest BCUT2D eigenvalue weighted by Gasteiger charge is -2.08. The first-order chi connectivity index (χ1) is 10.3. The predicted molar refractivity (Wildman–Crippen MR) is 83.9 cm³/mol. The van der Waals surface area contributed by atoms with E-state index in [9.17, 15) is 0 Å². The minimum atomic E-state index is 0.307. The maximum absolute atomic E-state index is 5.42. The smallest absolute Gasteiger partial charge is 0.231 e. The zero-order valence-electron chi connectivity index (χ0n) is 12.3. The highest BCUT2D eigenvalue weighted by molar-refractivity contribution is 9.10. The van der Waals surface area contributed by atoms with E-state index in [1.807, 2.05) is 12.1 Å². The van der Waals surface area contributed by atoms with Gasteiger partial charge in [-0.15, -0.1) is 0 Å². The Morgan fingerprint density at radius 3 is 2.76 bits per heavy atom. The summed E-state index contributed by atoms with van der Waals surface area (Å²) < 4.78 is 22.1. The Kier molecular flexibility index (Phi) is 7.29. The molecular formula is C15H22BrNO4. The van der Waals surface area contributed by atoms with Gasteiger partial charge in [-0.2, -0.15) is 0 Å². The van der Waals surface area contributed by atoms with Crippen LogP contribution in [0.4, 0.5) is 0 Å². The summed E-state index contributed by atoms with van der Waals surface area (Å²) in [6.45, 7) is 4.21. The molecule has 0 radical (unpaired) electrons. The number of hydrogen-bond donors (Lipinski definition) is 1. The van der Waals surface area contributed by atoms with E-state index in [0.717, 1.165) is 48.5 Å². The van der Waals surface area contributed by atoms with E-state index in [2.05, 4.69) is 21.2 Å². The monoisotopic (exact) mass is 359 g/mol. The van der Waals surface area contributed by atoms with Crippen LogP contribution in [0.5, 0.6) is 11.5 Å². The fourth-order valence-corrected chi connectivity index (χ4v) is 2.48. The van der Waals surface area contributed by atoms with Gasteiger partial charge in [0.15, 0.2) is 11.5 Å². The first-order valence-electron chi connectivity index (χ1n) is 7.16. The molecule has 1 aliphatic heterocycles. The van der Waals surface area contributed by atoms with Crippen LogP contribution in [-0.2, 0) is 16.0 Å². The molecule has 0 unspecified atom stereocenters. The largest absolute Gasteiger partial charge is 0.454 e. The number of nitrogens with one attached hydrogen (secondary N) is 1. The molecule has 0 aromatic heterocycles. The number of fused-ring (bicyclic) bond motifs is 1. The fraction of sp³-hybridized carbons (Fsp3) is 0.600. The van der Waals surface area contributed by atoms with Gasteiger partial charge >= 0.3 is 0 Å². The van der Waals surface area contributed by atoms with Gasteiger partial charge < -0.3 is 24.3 Å². The maximum Gasteiger partial charge on any atom is 0.231 e. The van der Waals surface area contributed by atoms with Crippen LogP contribution in [0.3, 0.4) is 0 Å². The summed E-state index contributed by atoms with van der Waals surface area (Å²) in [5.74, 6) is 1.63. The molecule has 1 aliphatic rings. The second-order valence-corrected chi connectivity index (χ2v) is 5.64. The zero-order chi connectivity index (χ0) is 14.9. The molecule has 21 heavy (non-hydrogen) atoms. The van der Waals surface area contributed by atoms with Crippen molar-refractivity contribution in [1.29, 1.82) is 0 Å². The van der Waals surface area contributed by atoms with Gasteiger partial charge in [0.25, 0.3) is 0 Å². The first kappa shape index (κ1) is 16.5. The van der Waals surface area contributed by atoms with E-state index >= 15 is 0 Å². The zero-order valence-corrected chi connectivity index (χ0v) is 13.9. The van der Waals surface area contributed by atoms with Gasteiger partial charge in [0.05, 0.1) is 13.2 Å². The minimum Gasteiger partial charge on any atom is -0.454 e. The van der Waals surface area contributed by atoms with Gasteiger partial charge in [0.1, 0.15) is 0 Å². The van der Waals surface area contributed by atoms with Crippen molar-refractivity contribution in [1.82, 2.24) is 5.32 Å². The molecule has 1 N–H and O–H groups in total. The molecule has 6 heteroatoms. The van der Waals surface area contributed by atoms with Crippen LogP contribution in [0.25, 0.3) is 0 Å². The van der Waals surface area contributed by atoms with Crippen molar-refractivity contribution in [3.63, 3.8) is 0 Å². The van der Waals surface area contributed by atoms with E-state index in [0.29, 0.717) is 20.0 Å². The Balaban J connectivity index is 1.59. The van der Waals surface area contributed by atoms with E-state index in [1.165, 1.54) is 5.56 Å². The number of unbranched alkanes of at least 4 members (excludes halogenated alkanes) is 1. The summed E-state index contributed by atoms with van der Waals surface area (Å²) >= 11 is 3.56. The Bertz CT molecular complexity index is 442. The van der Waals surface area contributed by atoms with Gasteiger partial charge in [0.2, 0.25) is 6.79 Å². The molecule has 0 fully saturated rings. The number of ether oxygens (including phenoxy) is 4. The van der Waals surface area contributed by atoms with Crippen LogP contribution in [0.15, 0.2) is 16.6 Å². The van der Waals surface area contributed by atoms with Crippen LogP contribution in [0, 0.1) is 0 Å². The topological polar surface area (TPSA) is 49.0 Å². The van der Waals surface area contributed by atoms with Crippen molar-refractivity contribution in [2.75, 3.05) is 40.3 Å². The minimum absolute atomic E-state index is 0.307. The highest BCUT2D eigenvalue weighted by Crippen LogP contribution is 2.36. The summed E-state index contributed by atoms with van der Waals surface area (Å²) in [6, 6.07) is 3.98. The molecule has 0 aliphatic carbocycles. The third-order valence-electron chi connectivity index (χ3n) is 3.18. The quantitative estimate of drug-likeness (QED) is 0.651. The average Bonchev–Trinajstić information content (AvgIpc) is 2.92.